The molecule has 3 rings (SSSR count). The van der Waals surface area contributed by atoms with Crippen LogP contribution in [0.5, 0.6) is 0 Å². The van der Waals surface area contributed by atoms with E-state index in [0.29, 0.717) is 30.5 Å². The van der Waals surface area contributed by atoms with Crippen molar-refractivity contribution in [1.29, 1.82) is 0 Å². The van der Waals surface area contributed by atoms with Gasteiger partial charge in [-0.15, -0.1) is 0 Å². The van der Waals surface area contributed by atoms with E-state index in [4.69, 9.17) is 5.73 Å². The van der Waals surface area contributed by atoms with Crippen LogP contribution in [0.3, 0.4) is 0 Å². The van der Waals surface area contributed by atoms with Crippen molar-refractivity contribution in [3.05, 3.63) is 29.8 Å². The lowest BCUT2D eigenvalue weighted by Crippen LogP contribution is -2.53. The number of nitrogens with one attached hydrogen (secondary N) is 2. The predicted octanol–water partition coefficient (Wildman–Crippen LogP) is 1.23. The molecule has 0 heterocycles. The number of nitrogens with two attached hydrogens (primary N) is 1. The van der Waals surface area contributed by atoms with E-state index in [-0.39, 0.29) is 10.8 Å². The normalized spacial score (nSPS) is 20.4. The van der Waals surface area contributed by atoms with Gasteiger partial charge in [-0.3, -0.25) is 4.79 Å². The Kier molecular flexibility index (Phi) is 4.68. The molecular weight excluding hydrogens is 326 g/mol. The smallest absolute Gasteiger partial charge is 0.251 e. The maximum absolute atomic E-state index is 12.5. The molecule has 0 bridgehead atoms. The van der Waals surface area contributed by atoms with Gasteiger partial charge in [0.15, 0.2) is 0 Å². The largest absolute Gasteiger partial charge is 0.345 e. The fourth-order valence-electron chi connectivity index (χ4n) is 2.81. The van der Waals surface area contributed by atoms with Crippen LogP contribution in [0.25, 0.3) is 0 Å². The highest BCUT2D eigenvalue weighted by Crippen LogP contribution is 2.39. The molecular formula is C17H25N3O3S. The summed E-state index contributed by atoms with van der Waals surface area (Å²) < 4.78 is 27.3. The molecule has 2 saturated carbocycles. The van der Waals surface area contributed by atoms with Crippen molar-refractivity contribution in [1.82, 2.24) is 10.0 Å². The number of carbonyl (C=O) groups is 1. The highest BCUT2D eigenvalue weighted by Gasteiger charge is 2.41. The van der Waals surface area contributed by atoms with E-state index in [1.54, 1.807) is 12.1 Å². The summed E-state index contributed by atoms with van der Waals surface area (Å²) in [6.07, 6.45) is 4.27. The number of carbonyl (C=O) groups excluding carboxylic acids is 1. The fraction of sp³-hybridized carbons (Fsp3) is 0.588. The minimum Gasteiger partial charge on any atom is -0.345 e. The fourth-order valence-corrected chi connectivity index (χ4v) is 3.97. The van der Waals surface area contributed by atoms with Crippen molar-refractivity contribution in [2.45, 2.75) is 43.0 Å². The molecule has 6 nitrogen and oxygen atoms in total. The van der Waals surface area contributed by atoms with Gasteiger partial charge in [-0.2, -0.15) is 0 Å². The topological polar surface area (TPSA) is 101 Å². The molecule has 0 radical (unpaired) electrons. The van der Waals surface area contributed by atoms with Gasteiger partial charge < -0.3 is 11.1 Å². The van der Waals surface area contributed by atoms with E-state index in [9.17, 15) is 13.2 Å². The summed E-state index contributed by atoms with van der Waals surface area (Å²) in [7, 11) is -3.58. The number of sulfonamides is 1. The van der Waals surface area contributed by atoms with Crippen LogP contribution in [-0.4, -0.2) is 33.0 Å². The summed E-state index contributed by atoms with van der Waals surface area (Å²) in [4.78, 5) is 12.6. The number of hydrogen-bond acceptors (Lipinski definition) is 4. The first kappa shape index (κ1) is 17.4. The third-order valence-corrected chi connectivity index (χ3v) is 6.39. The van der Waals surface area contributed by atoms with E-state index in [0.717, 1.165) is 25.7 Å². The molecule has 0 aliphatic heterocycles. The lowest BCUT2D eigenvalue weighted by molar-refractivity contribution is 0.0897. The molecule has 2 aliphatic rings. The van der Waals surface area contributed by atoms with Crippen LogP contribution in [0.1, 0.15) is 43.0 Å². The summed E-state index contributed by atoms with van der Waals surface area (Å²) in [5.74, 6) is 0.572. The van der Waals surface area contributed by atoms with Gasteiger partial charge in [-0.05, 0) is 62.6 Å². The number of hydrogen-bond donors (Lipinski definition) is 3. The van der Waals surface area contributed by atoms with Crippen LogP contribution in [0, 0.1) is 11.8 Å². The zero-order chi connectivity index (χ0) is 17.4. The third-order valence-electron chi connectivity index (χ3n) is 4.97. The Hall–Kier alpha value is -1.44. The van der Waals surface area contributed by atoms with Crippen LogP contribution in [-0.2, 0) is 10.0 Å². The van der Waals surface area contributed by atoms with Gasteiger partial charge in [0.1, 0.15) is 0 Å². The van der Waals surface area contributed by atoms with Crippen molar-refractivity contribution in [3.63, 3.8) is 0 Å². The second-order valence-electron chi connectivity index (χ2n) is 7.17. The SMILES string of the molecule is CC(CN)(NC(=O)c1cccc(S(=O)(=O)NCC2CC2)c1)C1CC1. The molecule has 24 heavy (non-hydrogen) atoms. The molecule has 1 atom stereocenters. The van der Waals surface area contributed by atoms with Crippen LogP contribution >= 0.6 is 0 Å². The molecule has 2 fully saturated rings. The Balaban J connectivity index is 1.73. The van der Waals surface area contributed by atoms with Crippen LogP contribution in [0.2, 0.25) is 0 Å². The average molecular weight is 351 g/mol. The van der Waals surface area contributed by atoms with Gasteiger partial charge in [0, 0.05) is 18.7 Å². The lowest BCUT2D eigenvalue weighted by atomic mass is 9.95. The Labute approximate surface area is 143 Å². The first-order valence-corrected chi connectivity index (χ1v) is 9.95. The highest BCUT2D eigenvalue weighted by molar-refractivity contribution is 7.89. The van der Waals surface area contributed by atoms with Gasteiger partial charge in [-0.25, -0.2) is 13.1 Å². The zero-order valence-corrected chi connectivity index (χ0v) is 14.7. The summed E-state index contributed by atoms with van der Waals surface area (Å²) in [6, 6.07) is 6.15. The second-order valence-corrected chi connectivity index (χ2v) is 8.94. The first-order chi connectivity index (χ1) is 11.3. The monoisotopic (exact) mass is 351 g/mol. The van der Waals surface area contributed by atoms with Gasteiger partial charge >= 0.3 is 0 Å². The van der Waals surface area contributed by atoms with Crippen LogP contribution in [0.15, 0.2) is 29.2 Å². The molecule has 0 aromatic heterocycles. The van der Waals surface area contributed by atoms with Crippen LogP contribution < -0.4 is 15.8 Å². The molecule has 132 valence electrons. The lowest BCUT2D eigenvalue weighted by Gasteiger charge is -2.29. The van der Waals surface area contributed by atoms with Crippen molar-refractivity contribution in [3.8, 4) is 0 Å². The summed E-state index contributed by atoms with van der Waals surface area (Å²) in [5, 5.41) is 2.98. The Morgan fingerprint density at radius 2 is 2.00 bits per heavy atom. The Morgan fingerprint density at radius 1 is 1.29 bits per heavy atom. The highest BCUT2D eigenvalue weighted by atomic mass is 32.2. The van der Waals surface area contributed by atoms with Gasteiger partial charge in [-0.1, -0.05) is 6.07 Å². The Morgan fingerprint density at radius 3 is 2.58 bits per heavy atom. The van der Waals surface area contributed by atoms with Gasteiger partial charge in [0.05, 0.1) is 10.4 Å². The maximum Gasteiger partial charge on any atom is 0.251 e. The van der Waals surface area contributed by atoms with E-state index < -0.39 is 15.6 Å². The Bertz CT molecular complexity index is 726. The minimum absolute atomic E-state index is 0.122. The molecule has 7 heteroatoms. The molecule has 1 aromatic carbocycles. The van der Waals surface area contributed by atoms with E-state index >= 15 is 0 Å². The van der Waals surface area contributed by atoms with Crippen molar-refractivity contribution < 1.29 is 13.2 Å². The maximum atomic E-state index is 12.5. The van der Waals surface area contributed by atoms with Crippen molar-refractivity contribution >= 4 is 15.9 Å². The average Bonchev–Trinajstić information content (AvgIpc) is 3.45. The van der Waals surface area contributed by atoms with Gasteiger partial charge in [0.25, 0.3) is 5.91 Å². The summed E-state index contributed by atoms with van der Waals surface area (Å²) in [5.41, 5.74) is 5.73. The van der Waals surface area contributed by atoms with E-state index in [1.807, 2.05) is 6.92 Å². The molecule has 4 N–H and O–H groups in total. The van der Waals surface area contributed by atoms with Crippen LogP contribution in [0.4, 0.5) is 0 Å². The number of amides is 1. The van der Waals surface area contributed by atoms with Crippen molar-refractivity contribution in [2.75, 3.05) is 13.1 Å². The third kappa shape index (κ3) is 3.96. The minimum atomic E-state index is -3.58. The number of benzene rings is 1. The summed E-state index contributed by atoms with van der Waals surface area (Å²) >= 11 is 0. The standard InChI is InChI=1S/C17H25N3O3S/c1-17(11-18,14-7-8-14)20-16(21)13-3-2-4-15(9-13)24(22,23)19-10-12-5-6-12/h2-4,9,12,14,19H,5-8,10-11,18H2,1H3,(H,20,21). The predicted molar refractivity (Wildman–Crippen MR) is 92.0 cm³/mol. The summed E-state index contributed by atoms with van der Waals surface area (Å²) in [6.45, 7) is 2.77. The number of rotatable bonds is 8. The molecule has 0 spiro atoms. The molecule has 1 aromatic rings. The van der Waals surface area contributed by atoms with Gasteiger partial charge in [0.2, 0.25) is 10.0 Å². The molecule has 2 aliphatic carbocycles. The molecule has 1 unspecified atom stereocenters. The first-order valence-electron chi connectivity index (χ1n) is 8.46. The quantitative estimate of drug-likeness (QED) is 0.656. The van der Waals surface area contributed by atoms with E-state index in [1.165, 1.54) is 12.1 Å². The zero-order valence-electron chi connectivity index (χ0n) is 13.9. The van der Waals surface area contributed by atoms with E-state index in [2.05, 4.69) is 10.0 Å². The van der Waals surface area contributed by atoms with Crippen molar-refractivity contribution in [2.24, 2.45) is 17.6 Å². The molecule has 1 amide bonds. The second kappa shape index (κ2) is 6.46. The molecule has 0 saturated heterocycles.